The maximum Gasteiger partial charge on any atom is 0.0946 e. The van der Waals surface area contributed by atoms with Crippen molar-refractivity contribution in [2.75, 3.05) is 6.61 Å². The molecule has 0 aromatic carbocycles. The van der Waals surface area contributed by atoms with Gasteiger partial charge in [-0.25, -0.2) is 0 Å². The van der Waals surface area contributed by atoms with E-state index in [4.69, 9.17) is 15.4 Å². The topological polar surface area (TPSA) is 72.7 Å². The average molecular weight is 135 g/mol. The van der Waals surface area contributed by atoms with Crippen molar-refractivity contribution in [1.82, 2.24) is 5.48 Å². The molecule has 4 heteroatoms. The Morgan fingerprint density at radius 1 is 1.56 bits per heavy atom. The highest BCUT2D eigenvalue weighted by atomic mass is 16.5. The van der Waals surface area contributed by atoms with Gasteiger partial charge in [0.25, 0.3) is 0 Å². The molecule has 0 saturated heterocycles. The molecule has 4 nitrogen and oxygen atoms in total. The Balaban J connectivity index is 3.50. The first-order valence-corrected chi connectivity index (χ1v) is 2.94. The number of hydroxylamine groups is 1. The molecule has 0 rings (SSSR count). The Labute approximate surface area is 54.1 Å². The predicted molar refractivity (Wildman–Crippen MR) is 32.1 cm³/mol. The summed E-state index contributed by atoms with van der Waals surface area (Å²) in [6.07, 6.45) is -0.293. The first kappa shape index (κ1) is 8.84. The lowest BCUT2D eigenvalue weighted by molar-refractivity contribution is 0.00756. The normalized spacial score (nSPS) is 17.3. The first-order valence-electron chi connectivity index (χ1n) is 2.94. The van der Waals surface area contributed by atoms with Crippen molar-refractivity contribution in [1.29, 1.82) is 0 Å². The van der Waals surface area contributed by atoms with E-state index >= 15 is 0 Å². The highest BCUT2D eigenvalue weighted by molar-refractivity contribution is 4.68. The third kappa shape index (κ3) is 2.76. The second kappa shape index (κ2) is 4.69. The molecular formula is C5H13NO3. The van der Waals surface area contributed by atoms with Crippen LogP contribution < -0.4 is 5.48 Å². The standard InChI is InChI=1S/C5H13NO3/c1-2-4(6-9)5(8)3-7/h4-9H,2-3H2,1H3. The lowest BCUT2D eigenvalue weighted by Crippen LogP contribution is -2.39. The van der Waals surface area contributed by atoms with Crippen molar-refractivity contribution in [2.45, 2.75) is 25.5 Å². The maximum atomic E-state index is 8.85. The lowest BCUT2D eigenvalue weighted by Gasteiger charge is -2.16. The van der Waals surface area contributed by atoms with Crippen LogP contribution in [0.5, 0.6) is 0 Å². The quantitative estimate of drug-likeness (QED) is 0.377. The largest absolute Gasteiger partial charge is 0.394 e. The summed E-state index contributed by atoms with van der Waals surface area (Å²) in [5.74, 6) is 0. The van der Waals surface area contributed by atoms with Gasteiger partial charge in [0.2, 0.25) is 0 Å². The molecule has 0 aromatic rings. The lowest BCUT2D eigenvalue weighted by atomic mass is 10.1. The van der Waals surface area contributed by atoms with Crippen LogP contribution in [0.1, 0.15) is 13.3 Å². The Kier molecular flexibility index (Phi) is 4.61. The minimum absolute atomic E-state index is 0.327. The van der Waals surface area contributed by atoms with Crippen molar-refractivity contribution in [3.8, 4) is 0 Å². The molecule has 0 aliphatic rings. The monoisotopic (exact) mass is 135 g/mol. The molecule has 0 heterocycles. The van der Waals surface area contributed by atoms with Crippen LogP contribution in [0.4, 0.5) is 0 Å². The van der Waals surface area contributed by atoms with Crippen LogP contribution in [-0.4, -0.2) is 34.2 Å². The number of hydrogen-bond donors (Lipinski definition) is 4. The highest BCUT2D eigenvalue weighted by Crippen LogP contribution is 1.95. The Morgan fingerprint density at radius 2 is 2.11 bits per heavy atom. The molecule has 0 bridgehead atoms. The van der Waals surface area contributed by atoms with E-state index in [0.717, 1.165) is 0 Å². The molecule has 2 unspecified atom stereocenters. The van der Waals surface area contributed by atoms with Gasteiger partial charge in [-0.2, -0.15) is 5.48 Å². The third-order valence-electron chi connectivity index (χ3n) is 1.26. The van der Waals surface area contributed by atoms with Gasteiger partial charge in [0.15, 0.2) is 0 Å². The molecule has 4 N–H and O–H groups in total. The molecule has 0 aromatic heterocycles. The van der Waals surface area contributed by atoms with Crippen LogP contribution in [0, 0.1) is 0 Å². The van der Waals surface area contributed by atoms with E-state index in [1.807, 2.05) is 5.48 Å². The molecular weight excluding hydrogens is 122 g/mol. The van der Waals surface area contributed by atoms with Gasteiger partial charge >= 0.3 is 0 Å². The van der Waals surface area contributed by atoms with Gasteiger partial charge in [-0.3, -0.25) is 0 Å². The molecule has 0 aliphatic carbocycles. The fraction of sp³-hybridized carbons (Fsp3) is 1.00. The zero-order chi connectivity index (χ0) is 7.28. The average Bonchev–Trinajstić information content (AvgIpc) is 1.90. The van der Waals surface area contributed by atoms with Gasteiger partial charge in [0, 0.05) is 0 Å². The molecule has 0 fully saturated rings. The summed E-state index contributed by atoms with van der Waals surface area (Å²) in [7, 11) is 0. The molecule has 0 spiro atoms. The molecule has 56 valence electrons. The predicted octanol–water partition coefficient (Wildman–Crippen LogP) is -0.903. The van der Waals surface area contributed by atoms with Crippen LogP contribution >= 0.6 is 0 Å². The first-order chi connectivity index (χ1) is 4.26. The molecule has 9 heavy (non-hydrogen) atoms. The second-order valence-corrected chi connectivity index (χ2v) is 1.89. The van der Waals surface area contributed by atoms with Gasteiger partial charge in [0.1, 0.15) is 0 Å². The van der Waals surface area contributed by atoms with E-state index in [1.165, 1.54) is 0 Å². The highest BCUT2D eigenvalue weighted by Gasteiger charge is 2.13. The van der Waals surface area contributed by atoms with E-state index in [0.29, 0.717) is 6.42 Å². The molecule has 2 atom stereocenters. The van der Waals surface area contributed by atoms with Crippen molar-refractivity contribution in [3.05, 3.63) is 0 Å². The summed E-state index contributed by atoms with van der Waals surface area (Å²) in [6.45, 7) is 1.47. The van der Waals surface area contributed by atoms with E-state index < -0.39 is 12.1 Å². The van der Waals surface area contributed by atoms with E-state index in [2.05, 4.69) is 0 Å². The van der Waals surface area contributed by atoms with Crippen molar-refractivity contribution >= 4 is 0 Å². The SMILES string of the molecule is CCC(NO)C(O)CO. The summed E-state index contributed by atoms with van der Waals surface area (Å²) in [4.78, 5) is 0. The fourth-order valence-electron chi connectivity index (χ4n) is 0.577. The Bertz CT molecular complexity index is 65.2. The number of rotatable bonds is 4. The molecule has 0 amide bonds. The second-order valence-electron chi connectivity index (χ2n) is 1.89. The number of hydrogen-bond acceptors (Lipinski definition) is 4. The molecule has 0 aliphatic heterocycles. The van der Waals surface area contributed by atoms with Crippen molar-refractivity contribution in [2.24, 2.45) is 0 Å². The number of aliphatic hydroxyl groups excluding tert-OH is 2. The van der Waals surface area contributed by atoms with Crippen LogP contribution in [0.3, 0.4) is 0 Å². The van der Waals surface area contributed by atoms with Crippen LogP contribution in [0.2, 0.25) is 0 Å². The minimum Gasteiger partial charge on any atom is -0.394 e. The van der Waals surface area contributed by atoms with E-state index in [-0.39, 0.29) is 6.61 Å². The summed E-state index contributed by atoms with van der Waals surface area (Å²) in [6, 6.07) is -0.421. The summed E-state index contributed by atoms with van der Waals surface area (Å²) in [5, 5.41) is 25.5. The fourth-order valence-corrected chi connectivity index (χ4v) is 0.577. The summed E-state index contributed by atoms with van der Waals surface area (Å²) >= 11 is 0. The molecule has 0 saturated carbocycles. The number of aliphatic hydroxyl groups is 2. The van der Waals surface area contributed by atoms with Gasteiger partial charge in [-0.15, -0.1) is 0 Å². The van der Waals surface area contributed by atoms with Crippen molar-refractivity contribution in [3.63, 3.8) is 0 Å². The third-order valence-corrected chi connectivity index (χ3v) is 1.26. The Hall–Kier alpha value is -0.160. The smallest absolute Gasteiger partial charge is 0.0946 e. The summed E-state index contributed by atoms with van der Waals surface area (Å²) < 4.78 is 0. The van der Waals surface area contributed by atoms with Gasteiger partial charge < -0.3 is 15.4 Å². The Morgan fingerprint density at radius 3 is 2.22 bits per heavy atom. The van der Waals surface area contributed by atoms with E-state index in [9.17, 15) is 0 Å². The minimum atomic E-state index is -0.875. The zero-order valence-electron chi connectivity index (χ0n) is 5.41. The zero-order valence-corrected chi connectivity index (χ0v) is 5.41. The van der Waals surface area contributed by atoms with Gasteiger partial charge in [0.05, 0.1) is 18.8 Å². The number of nitrogens with one attached hydrogen (secondary N) is 1. The van der Waals surface area contributed by atoms with Crippen LogP contribution in [0.15, 0.2) is 0 Å². The van der Waals surface area contributed by atoms with Gasteiger partial charge in [-0.1, -0.05) is 6.92 Å². The van der Waals surface area contributed by atoms with Crippen molar-refractivity contribution < 1.29 is 15.4 Å². The van der Waals surface area contributed by atoms with Crippen LogP contribution in [-0.2, 0) is 0 Å². The maximum absolute atomic E-state index is 8.85. The molecule has 0 radical (unpaired) electrons. The van der Waals surface area contributed by atoms with Crippen LogP contribution in [0.25, 0.3) is 0 Å². The van der Waals surface area contributed by atoms with E-state index in [1.54, 1.807) is 6.92 Å². The van der Waals surface area contributed by atoms with Gasteiger partial charge in [-0.05, 0) is 6.42 Å². The summed E-state index contributed by atoms with van der Waals surface area (Å²) in [5.41, 5.74) is 1.89.